The van der Waals surface area contributed by atoms with Crippen molar-refractivity contribution in [2.75, 3.05) is 44.2 Å². The summed E-state index contributed by atoms with van der Waals surface area (Å²) in [6.07, 6.45) is 0.761. The molecule has 3 aromatic rings. The number of benzene rings is 3. The summed E-state index contributed by atoms with van der Waals surface area (Å²) in [5, 5.41) is 0. The van der Waals surface area contributed by atoms with E-state index in [-0.39, 0.29) is 17.6 Å². The molecule has 5 rings (SSSR count). The van der Waals surface area contributed by atoms with Gasteiger partial charge in [-0.15, -0.1) is 0 Å². The van der Waals surface area contributed by atoms with Crippen LogP contribution in [0.1, 0.15) is 31.4 Å². The monoisotopic (exact) mass is 534 g/mol. The fraction of sp³-hybridized carbons (Fsp3) is 0.355. The molecular formula is C31H33F3N4O. The largest absolute Gasteiger partial charge is 0.369 e. The Morgan fingerprint density at radius 1 is 0.744 bits per heavy atom. The Labute approximate surface area is 227 Å². The number of hydrogen-bond acceptors (Lipinski definition) is 4. The van der Waals surface area contributed by atoms with E-state index < -0.39 is 17.2 Å². The van der Waals surface area contributed by atoms with Crippen molar-refractivity contribution in [3.8, 4) is 0 Å². The maximum Gasteiger partial charge on any atom is 0.265 e. The van der Waals surface area contributed by atoms with Crippen LogP contribution in [0.15, 0.2) is 77.8 Å². The van der Waals surface area contributed by atoms with Gasteiger partial charge in [-0.25, -0.2) is 18.2 Å². The second-order valence-corrected chi connectivity index (χ2v) is 10.5. The van der Waals surface area contributed by atoms with Gasteiger partial charge in [-0.1, -0.05) is 38.1 Å². The number of carbonyl (C=O) groups is 1. The van der Waals surface area contributed by atoms with Crippen molar-refractivity contribution in [3.05, 3.63) is 101 Å². The van der Waals surface area contributed by atoms with Crippen LogP contribution in [0.25, 0.3) is 0 Å². The van der Waals surface area contributed by atoms with Crippen LogP contribution in [0.3, 0.4) is 0 Å². The standard InChI is InChI=1S/C31H33F3N4O/c1-22(2)29-35-31(23-4-8-25(32)9-5-23,24-6-10-26(33)11-7-24)30(39)38(29)17-3-16-36-18-20-37(21-19-36)28-14-12-27(34)13-15-28/h4-15,22H,3,16-21H2,1-2H3. The zero-order valence-electron chi connectivity index (χ0n) is 22.3. The van der Waals surface area contributed by atoms with Crippen molar-refractivity contribution in [2.45, 2.75) is 25.8 Å². The van der Waals surface area contributed by atoms with E-state index in [1.54, 1.807) is 29.2 Å². The molecule has 1 saturated heterocycles. The molecule has 5 nitrogen and oxygen atoms in total. The van der Waals surface area contributed by atoms with E-state index in [2.05, 4.69) is 9.80 Å². The number of piperazine rings is 1. The van der Waals surface area contributed by atoms with E-state index in [0.29, 0.717) is 23.5 Å². The SMILES string of the molecule is CC(C)C1=NC(c2ccc(F)cc2)(c2ccc(F)cc2)C(=O)N1CCCN1CCN(c2ccc(F)cc2)CC1. The molecule has 0 atom stereocenters. The molecular weight excluding hydrogens is 501 g/mol. The number of aliphatic imine (C=N–C) groups is 1. The Kier molecular flexibility index (Phi) is 7.75. The van der Waals surface area contributed by atoms with Crippen LogP contribution >= 0.6 is 0 Å². The van der Waals surface area contributed by atoms with Gasteiger partial charge >= 0.3 is 0 Å². The zero-order valence-corrected chi connectivity index (χ0v) is 22.3. The highest BCUT2D eigenvalue weighted by atomic mass is 19.1. The average molecular weight is 535 g/mol. The number of nitrogens with zero attached hydrogens (tertiary/aromatic N) is 4. The molecule has 0 bridgehead atoms. The predicted octanol–water partition coefficient (Wildman–Crippen LogP) is 5.46. The van der Waals surface area contributed by atoms with Crippen molar-refractivity contribution in [1.29, 1.82) is 0 Å². The van der Waals surface area contributed by atoms with Gasteiger partial charge in [0.25, 0.3) is 5.91 Å². The van der Waals surface area contributed by atoms with E-state index >= 15 is 0 Å². The number of carbonyl (C=O) groups excluding carboxylic acids is 1. The lowest BCUT2D eigenvalue weighted by molar-refractivity contribution is -0.130. The van der Waals surface area contributed by atoms with Gasteiger partial charge in [-0.2, -0.15) is 0 Å². The maximum atomic E-state index is 14.2. The first kappa shape index (κ1) is 26.9. The van der Waals surface area contributed by atoms with Gasteiger partial charge < -0.3 is 4.90 Å². The third-order valence-electron chi connectivity index (χ3n) is 7.57. The molecule has 3 aromatic carbocycles. The lowest BCUT2D eigenvalue weighted by atomic mass is 9.82. The maximum absolute atomic E-state index is 14.2. The van der Waals surface area contributed by atoms with Gasteiger partial charge in [-0.05, 0) is 72.6 Å². The molecule has 39 heavy (non-hydrogen) atoms. The average Bonchev–Trinajstić information content (AvgIpc) is 3.23. The van der Waals surface area contributed by atoms with Gasteiger partial charge in [0.15, 0.2) is 5.54 Å². The molecule has 2 aliphatic heterocycles. The first-order valence-electron chi connectivity index (χ1n) is 13.4. The minimum absolute atomic E-state index is 0.0176. The summed E-state index contributed by atoms with van der Waals surface area (Å²) >= 11 is 0. The van der Waals surface area contributed by atoms with Crippen molar-refractivity contribution >= 4 is 17.4 Å². The Morgan fingerprint density at radius 2 is 1.23 bits per heavy atom. The van der Waals surface area contributed by atoms with E-state index in [1.807, 2.05) is 26.0 Å². The van der Waals surface area contributed by atoms with Gasteiger partial charge in [0, 0.05) is 44.3 Å². The molecule has 0 saturated carbocycles. The molecule has 0 N–H and O–H groups in total. The van der Waals surface area contributed by atoms with Crippen molar-refractivity contribution < 1.29 is 18.0 Å². The second-order valence-electron chi connectivity index (χ2n) is 10.5. The highest BCUT2D eigenvalue weighted by Gasteiger charge is 2.51. The van der Waals surface area contributed by atoms with Crippen LogP contribution in [0.5, 0.6) is 0 Å². The van der Waals surface area contributed by atoms with Crippen LogP contribution in [0.4, 0.5) is 18.9 Å². The molecule has 0 spiro atoms. The molecule has 0 unspecified atom stereocenters. The fourth-order valence-corrected chi connectivity index (χ4v) is 5.50. The fourth-order valence-electron chi connectivity index (χ4n) is 5.50. The van der Waals surface area contributed by atoms with Gasteiger partial charge in [0.1, 0.15) is 23.3 Å². The van der Waals surface area contributed by atoms with Crippen LogP contribution in [-0.4, -0.2) is 60.8 Å². The van der Waals surface area contributed by atoms with Crippen molar-refractivity contribution in [3.63, 3.8) is 0 Å². The summed E-state index contributed by atoms with van der Waals surface area (Å²) in [5.41, 5.74) is 0.743. The minimum atomic E-state index is -1.39. The second kappa shape index (κ2) is 11.2. The molecule has 204 valence electrons. The van der Waals surface area contributed by atoms with E-state index in [1.165, 1.54) is 36.4 Å². The number of amides is 1. The van der Waals surface area contributed by atoms with E-state index in [9.17, 15) is 18.0 Å². The first-order chi connectivity index (χ1) is 18.8. The van der Waals surface area contributed by atoms with Crippen LogP contribution in [0.2, 0.25) is 0 Å². The third-order valence-corrected chi connectivity index (χ3v) is 7.57. The quantitative estimate of drug-likeness (QED) is 0.386. The van der Waals surface area contributed by atoms with Crippen molar-refractivity contribution in [1.82, 2.24) is 9.80 Å². The third kappa shape index (κ3) is 5.43. The summed E-state index contributed by atoms with van der Waals surface area (Å²) < 4.78 is 40.9. The smallest absolute Gasteiger partial charge is 0.265 e. The van der Waals surface area contributed by atoms with E-state index in [0.717, 1.165) is 44.8 Å². The van der Waals surface area contributed by atoms with Crippen LogP contribution in [-0.2, 0) is 10.3 Å². The lowest BCUT2D eigenvalue weighted by Gasteiger charge is -2.36. The van der Waals surface area contributed by atoms with Gasteiger partial charge in [0.05, 0.1) is 0 Å². The number of hydrogen-bond donors (Lipinski definition) is 0. The number of anilines is 1. The van der Waals surface area contributed by atoms with Crippen LogP contribution in [0, 0.1) is 23.4 Å². The molecule has 1 fully saturated rings. The molecule has 0 aliphatic carbocycles. The molecule has 0 radical (unpaired) electrons. The topological polar surface area (TPSA) is 39.2 Å². The van der Waals surface area contributed by atoms with Gasteiger partial charge in [0.2, 0.25) is 0 Å². The summed E-state index contributed by atoms with van der Waals surface area (Å²) in [7, 11) is 0. The molecule has 2 aliphatic rings. The van der Waals surface area contributed by atoms with Gasteiger partial charge in [-0.3, -0.25) is 14.6 Å². The molecule has 2 heterocycles. The highest BCUT2D eigenvalue weighted by Crippen LogP contribution is 2.41. The summed E-state index contributed by atoms with van der Waals surface area (Å²) in [4.78, 5) is 25.6. The highest BCUT2D eigenvalue weighted by molar-refractivity contribution is 6.11. The number of rotatable bonds is 8. The first-order valence-corrected chi connectivity index (χ1v) is 13.4. The Bertz CT molecular complexity index is 1270. The Balaban J connectivity index is 1.30. The summed E-state index contributed by atoms with van der Waals surface area (Å²) in [5.74, 6) is -0.580. The lowest BCUT2D eigenvalue weighted by Crippen LogP contribution is -2.47. The van der Waals surface area contributed by atoms with Crippen LogP contribution < -0.4 is 4.90 Å². The van der Waals surface area contributed by atoms with Crippen molar-refractivity contribution in [2.24, 2.45) is 10.9 Å². The summed E-state index contributed by atoms with van der Waals surface area (Å²) in [6.45, 7) is 8.79. The molecule has 0 aromatic heterocycles. The summed E-state index contributed by atoms with van der Waals surface area (Å²) in [6, 6.07) is 18.2. The minimum Gasteiger partial charge on any atom is -0.369 e. The normalized spacial score (nSPS) is 17.7. The molecule has 8 heteroatoms. The number of amidine groups is 1. The Morgan fingerprint density at radius 3 is 1.72 bits per heavy atom. The molecule has 1 amide bonds. The number of halogens is 3. The zero-order chi connectivity index (χ0) is 27.6. The van der Waals surface area contributed by atoms with E-state index in [4.69, 9.17) is 4.99 Å². The predicted molar refractivity (Wildman–Crippen MR) is 147 cm³/mol. The Hall–Kier alpha value is -3.65.